The maximum absolute atomic E-state index is 12.3. The number of hydrogen-bond acceptors (Lipinski definition) is 2. The molecule has 1 rings (SSSR count). The number of aliphatic hydroxyl groups is 1. The molecule has 0 heterocycles. The Hall–Kier alpha value is -1.76. The van der Waals surface area contributed by atoms with Gasteiger partial charge in [0.15, 0.2) is 0 Å². The predicted molar refractivity (Wildman–Crippen MR) is 64.8 cm³/mol. The quantitative estimate of drug-likeness (QED) is 0.791. The summed E-state index contributed by atoms with van der Waals surface area (Å²) in [6.07, 6.45) is -3.85. The van der Waals surface area contributed by atoms with Crippen molar-refractivity contribution in [1.82, 2.24) is 5.32 Å². The van der Waals surface area contributed by atoms with E-state index in [-0.39, 0.29) is 18.3 Å². The lowest BCUT2D eigenvalue weighted by atomic mass is 10.2. The number of alkyl halides is 3. The third kappa shape index (κ3) is 4.78. The topological polar surface area (TPSA) is 61.4 Å². The highest BCUT2D eigenvalue weighted by molar-refractivity contribution is 5.89. The Morgan fingerprint density at radius 2 is 1.89 bits per heavy atom. The summed E-state index contributed by atoms with van der Waals surface area (Å²) in [4.78, 5) is 11.5. The first-order chi connectivity index (χ1) is 8.86. The van der Waals surface area contributed by atoms with Crippen molar-refractivity contribution in [2.45, 2.75) is 25.6 Å². The Kier molecular flexibility index (Phi) is 5.17. The molecule has 0 radical (unpaired) electrons. The number of carbonyl (C=O) groups excluding carboxylic acids is 1. The Morgan fingerprint density at radius 1 is 1.32 bits per heavy atom. The molecule has 106 valence electrons. The number of benzene rings is 1. The van der Waals surface area contributed by atoms with Crippen molar-refractivity contribution in [3.05, 3.63) is 29.8 Å². The summed E-state index contributed by atoms with van der Waals surface area (Å²) in [6, 6.07) is 3.16. The normalized spacial score (nSPS) is 12.9. The van der Waals surface area contributed by atoms with Gasteiger partial charge in [0.1, 0.15) is 0 Å². The monoisotopic (exact) mass is 276 g/mol. The molecule has 1 aromatic carbocycles. The standard InChI is InChI=1S/C12H15F3N2O2/c1-2-9(7-18)16-11(19)17-10-5-3-8(4-6-10)12(13,14)15/h3-6,9,18H,2,7H2,1H3,(H2,16,17,19)/t9-/m0/s1. The summed E-state index contributed by atoms with van der Waals surface area (Å²) in [5.74, 6) is 0. The summed E-state index contributed by atoms with van der Waals surface area (Å²) in [7, 11) is 0. The van der Waals surface area contributed by atoms with Crippen LogP contribution in [0.15, 0.2) is 24.3 Å². The molecular weight excluding hydrogens is 261 g/mol. The van der Waals surface area contributed by atoms with E-state index < -0.39 is 17.8 Å². The van der Waals surface area contributed by atoms with Gasteiger partial charge in [0.25, 0.3) is 0 Å². The molecule has 0 saturated carbocycles. The molecule has 19 heavy (non-hydrogen) atoms. The van der Waals surface area contributed by atoms with Crippen LogP contribution in [0, 0.1) is 0 Å². The van der Waals surface area contributed by atoms with Gasteiger partial charge in [0.2, 0.25) is 0 Å². The summed E-state index contributed by atoms with van der Waals surface area (Å²) >= 11 is 0. The van der Waals surface area contributed by atoms with Gasteiger partial charge in [-0.1, -0.05) is 6.92 Å². The van der Waals surface area contributed by atoms with Crippen molar-refractivity contribution < 1.29 is 23.1 Å². The maximum Gasteiger partial charge on any atom is 0.416 e. The molecule has 1 atom stereocenters. The summed E-state index contributed by atoms with van der Waals surface area (Å²) in [5, 5.41) is 13.8. The highest BCUT2D eigenvalue weighted by Crippen LogP contribution is 2.29. The first kappa shape index (κ1) is 15.3. The molecule has 1 aromatic rings. The molecule has 0 unspecified atom stereocenters. The minimum Gasteiger partial charge on any atom is -0.394 e. The number of urea groups is 1. The van der Waals surface area contributed by atoms with E-state index in [0.29, 0.717) is 6.42 Å². The fraction of sp³-hybridized carbons (Fsp3) is 0.417. The van der Waals surface area contributed by atoms with Gasteiger partial charge >= 0.3 is 12.2 Å². The van der Waals surface area contributed by atoms with Crippen LogP contribution in [-0.4, -0.2) is 23.8 Å². The van der Waals surface area contributed by atoms with E-state index in [1.165, 1.54) is 12.1 Å². The van der Waals surface area contributed by atoms with Gasteiger partial charge < -0.3 is 15.7 Å². The van der Waals surface area contributed by atoms with Gasteiger partial charge in [-0.3, -0.25) is 0 Å². The van der Waals surface area contributed by atoms with Crippen LogP contribution in [0.1, 0.15) is 18.9 Å². The minimum absolute atomic E-state index is 0.197. The van der Waals surface area contributed by atoms with Gasteiger partial charge in [-0.2, -0.15) is 13.2 Å². The third-order valence-electron chi connectivity index (χ3n) is 2.52. The maximum atomic E-state index is 12.3. The zero-order valence-corrected chi connectivity index (χ0v) is 10.3. The number of anilines is 1. The van der Waals surface area contributed by atoms with E-state index in [4.69, 9.17) is 5.11 Å². The Morgan fingerprint density at radius 3 is 2.32 bits per heavy atom. The van der Waals surface area contributed by atoms with Gasteiger partial charge in [-0.05, 0) is 30.7 Å². The highest BCUT2D eigenvalue weighted by Gasteiger charge is 2.29. The molecule has 0 aliphatic heterocycles. The van der Waals surface area contributed by atoms with Crippen molar-refractivity contribution >= 4 is 11.7 Å². The first-order valence-corrected chi connectivity index (χ1v) is 5.72. The van der Waals surface area contributed by atoms with Crippen LogP contribution < -0.4 is 10.6 Å². The number of nitrogens with one attached hydrogen (secondary N) is 2. The SMILES string of the molecule is CC[C@@H](CO)NC(=O)Nc1ccc(C(F)(F)F)cc1. The molecule has 0 aliphatic rings. The van der Waals surface area contributed by atoms with E-state index >= 15 is 0 Å². The van der Waals surface area contributed by atoms with Crippen molar-refractivity contribution in [2.24, 2.45) is 0 Å². The van der Waals surface area contributed by atoms with Gasteiger partial charge in [0, 0.05) is 5.69 Å². The molecular formula is C12H15F3N2O2. The van der Waals surface area contributed by atoms with Crippen molar-refractivity contribution in [3.63, 3.8) is 0 Å². The lowest BCUT2D eigenvalue weighted by Gasteiger charge is -2.15. The number of amides is 2. The molecule has 0 aromatic heterocycles. The molecule has 0 saturated heterocycles. The average molecular weight is 276 g/mol. The zero-order valence-electron chi connectivity index (χ0n) is 10.3. The average Bonchev–Trinajstić information content (AvgIpc) is 2.35. The molecule has 0 fully saturated rings. The second-order valence-electron chi connectivity index (χ2n) is 3.96. The fourth-order valence-corrected chi connectivity index (χ4v) is 1.37. The second kappa shape index (κ2) is 6.42. The zero-order chi connectivity index (χ0) is 14.5. The molecule has 0 spiro atoms. The first-order valence-electron chi connectivity index (χ1n) is 5.72. The largest absolute Gasteiger partial charge is 0.416 e. The van der Waals surface area contributed by atoms with Crippen LogP contribution in [0.5, 0.6) is 0 Å². The smallest absolute Gasteiger partial charge is 0.394 e. The van der Waals surface area contributed by atoms with Crippen LogP contribution in [0.4, 0.5) is 23.7 Å². The van der Waals surface area contributed by atoms with Crippen LogP contribution in [0.3, 0.4) is 0 Å². The minimum atomic E-state index is -4.40. The van der Waals surface area contributed by atoms with Gasteiger partial charge in [0.05, 0.1) is 18.2 Å². The molecule has 4 nitrogen and oxygen atoms in total. The van der Waals surface area contributed by atoms with Crippen LogP contribution >= 0.6 is 0 Å². The molecule has 2 amide bonds. The lowest BCUT2D eigenvalue weighted by molar-refractivity contribution is -0.137. The van der Waals surface area contributed by atoms with Crippen LogP contribution in [0.25, 0.3) is 0 Å². The second-order valence-corrected chi connectivity index (χ2v) is 3.96. The lowest BCUT2D eigenvalue weighted by Crippen LogP contribution is -2.39. The Balaban J connectivity index is 2.61. The molecule has 7 heteroatoms. The van der Waals surface area contributed by atoms with Gasteiger partial charge in [-0.25, -0.2) is 4.79 Å². The number of hydrogen-bond donors (Lipinski definition) is 3. The Bertz CT molecular complexity index is 414. The molecule has 3 N–H and O–H groups in total. The van der Waals surface area contributed by atoms with Crippen molar-refractivity contribution in [3.8, 4) is 0 Å². The van der Waals surface area contributed by atoms with Crippen LogP contribution in [0.2, 0.25) is 0 Å². The van der Waals surface area contributed by atoms with Crippen molar-refractivity contribution in [2.75, 3.05) is 11.9 Å². The molecule has 0 aliphatic carbocycles. The van der Waals surface area contributed by atoms with E-state index in [2.05, 4.69) is 10.6 Å². The predicted octanol–water partition coefficient (Wildman–Crippen LogP) is 2.60. The Labute approximate surface area is 108 Å². The number of halogens is 3. The summed E-state index contributed by atoms with van der Waals surface area (Å²) in [5.41, 5.74) is -0.529. The number of rotatable bonds is 4. The number of carbonyl (C=O) groups is 1. The fourth-order valence-electron chi connectivity index (χ4n) is 1.37. The van der Waals surface area contributed by atoms with Gasteiger partial charge in [-0.15, -0.1) is 0 Å². The van der Waals surface area contributed by atoms with E-state index in [1.54, 1.807) is 6.92 Å². The molecule has 0 bridgehead atoms. The van der Waals surface area contributed by atoms with E-state index in [9.17, 15) is 18.0 Å². The van der Waals surface area contributed by atoms with E-state index in [0.717, 1.165) is 12.1 Å². The number of aliphatic hydroxyl groups excluding tert-OH is 1. The summed E-state index contributed by atoms with van der Waals surface area (Å²) in [6.45, 7) is 1.59. The third-order valence-corrected chi connectivity index (χ3v) is 2.52. The highest BCUT2D eigenvalue weighted by atomic mass is 19.4. The van der Waals surface area contributed by atoms with E-state index in [1.807, 2.05) is 0 Å². The van der Waals surface area contributed by atoms with Crippen molar-refractivity contribution in [1.29, 1.82) is 0 Å². The summed E-state index contributed by atoms with van der Waals surface area (Å²) < 4.78 is 37.0. The van der Waals surface area contributed by atoms with Crippen LogP contribution in [-0.2, 0) is 6.18 Å².